The number of nitrogens with zero attached hydrogens (tertiary/aromatic N) is 1. The monoisotopic (exact) mass is 431 g/mol. The minimum absolute atomic E-state index is 0.0253. The highest BCUT2D eigenvalue weighted by Gasteiger charge is 2.37. The molecule has 0 bridgehead atoms. The number of sulfonamides is 1. The Kier molecular flexibility index (Phi) is 6.35. The second-order valence-electron chi connectivity index (χ2n) is 6.34. The molecule has 1 aliphatic rings. The molecule has 1 atom stereocenters. The van der Waals surface area contributed by atoms with Crippen LogP contribution in [0.25, 0.3) is 0 Å². The van der Waals surface area contributed by atoms with Crippen LogP contribution in [-0.4, -0.2) is 52.2 Å². The zero-order valence-electron chi connectivity index (χ0n) is 15.6. The molecule has 0 aliphatic carbocycles. The topological polar surface area (TPSA) is 65.1 Å². The van der Waals surface area contributed by atoms with Crippen LogP contribution in [0.5, 0.6) is 11.5 Å². The van der Waals surface area contributed by atoms with Crippen molar-refractivity contribution in [2.75, 3.05) is 33.4 Å². The quantitative estimate of drug-likeness (QED) is 0.703. The van der Waals surface area contributed by atoms with Crippen LogP contribution in [0, 0.1) is 0 Å². The number of benzene rings is 2. The molecule has 0 aromatic heterocycles. The van der Waals surface area contributed by atoms with Crippen molar-refractivity contribution in [3.63, 3.8) is 0 Å². The third-order valence-electron chi connectivity index (χ3n) is 4.39. The molecular formula is C19H20F3NO5S. The standard InChI is InChI=1S/C19H20F3NO5S/c1-26-18-8-7-16(11-17(18)19(20,21)22)29(24,25)23-9-10-27-15(12-23)13-28-14-5-3-2-4-6-14/h2-8,11,15H,9-10,12-13H2,1H3/t15-/m0/s1. The van der Waals surface area contributed by atoms with E-state index in [0.29, 0.717) is 11.8 Å². The molecule has 0 saturated carbocycles. The van der Waals surface area contributed by atoms with Gasteiger partial charge in [-0.25, -0.2) is 8.42 Å². The number of morpholine rings is 1. The summed E-state index contributed by atoms with van der Waals surface area (Å²) in [4.78, 5) is -0.449. The molecule has 0 spiro atoms. The van der Waals surface area contributed by atoms with Crippen LogP contribution in [0.2, 0.25) is 0 Å². The zero-order chi connectivity index (χ0) is 21.1. The van der Waals surface area contributed by atoms with Gasteiger partial charge >= 0.3 is 6.18 Å². The lowest BCUT2D eigenvalue weighted by molar-refractivity contribution is -0.138. The normalized spacial score (nSPS) is 18.4. The fourth-order valence-electron chi connectivity index (χ4n) is 2.94. The van der Waals surface area contributed by atoms with E-state index < -0.39 is 38.5 Å². The van der Waals surface area contributed by atoms with Crippen molar-refractivity contribution in [1.29, 1.82) is 0 Å². The summed E-state index contributed by atoms with van der Waals surface area (Å²) in [5, 5.41) is 0. The van der Waals surface area contributed by atoms with Crippen LogP contribution >= 0.6 is 0 Å². The largest absolute Gasteiger partial charge is 0.496 e. The van der Waals surface area contributed by atoms with E-state index in [0.717, 1.165) is 23.5 Å². The minimum Gasteiger partial charge on any atom is -0.496 e. The van der Waals surface area contributed by atoms with E-state index in [9.17, 15) is 21.6 Å². The van der Waals surface area contributed by atoms with Gasteiger partial charge in [0.1, 0.15) is 24.2 Å². The van der Waals surface area contributed by atoms with E-state index in [-0.39, 0.29) is 26.3 Å². The molecule has 1 heterocycles. The molecular weight excluding hydrogens is 411 g/mol. The maximum absolute atomic E-state index is 13.2. The second-order valence-corrected chi connectivity index (χ2v) is 8.28. The van der Waals surface area contributed by atoms with Gasteiger partial charge in [0.25, 0.3) is 0 Å². The Morgan fingerprint density at radius 2 is 1.90 bits per heavy atom. The molecule has 0 unspecified atom stereocenters. The molecule has 158 valence electrons. The van der Waals surface area contributed by atoms with Crippen molar-refractivity contribution in [2.24, 2.45) is 0 Å². The minimum atomic E-state index is -4.74. The SMILES string of the molecule is COc1ccc(S(=O)(=O)N2CCO[C@H](COc3ccccc3)C2)cc1C(F)(F)F. The Morgan fingerprint density at radius 1 is 1.17 bits per heavy atom. The van der Waals surface area contributed by atoms with Crippen LogP contribution in [0.3, 0.4) is 0 Å². The number of ether oxygens (including phenoxy) is 3. The molecule has 2 aromatic rings. The summed E-state index contributed by atoms with van der Waals surface area (Å²) in [6, 6.07) is 11.7. The van der Waals surface area contributed by atoms with Gasteiger partial charge in [0.15, 0.2) is 0 Å². The smallest absolute Gasteiger partial charge is 0.420 e. The van der Waals surface area contributed by atoms with E-state index in [2.05, 4.69) is 0 Å². The van der Waals surface area contributed by atoms with Gasteiger partial charge in [-0.15, -0.1) is 0 Å². The molecule has 0 amide bonds. The Balaban J connectivity index is 1.76. The van der Waals surface area contributed by atoms with E-state index in [4.69, 9.17) is 14.2 Å². The fraction of sp³-hybridized carbons (Fsp3) is 0.368. The summed E-state index contributed by atoms with van der Waals surface area (Å²) in [7, 11) is -3.05. The second kappa shape index (κ2) is 8.60. The number of para-hydroxylation sites is 1. The van der Waals surface area contributed by atoms with Gasteiger partial charge in [0.2, 0.25) is 10.0 Å². The van der Waals surface area contributed by atoms with Crippen molar-refractivity contribution in [1.82, 2.24) is 4.31 Å². The van der Waals surface area contributed by atoms with E-state index in [1.54, 1.807) is 24.3 Å². The fourth-order valence-corrected chi connectivity index (χ4v) is 4.42. The van der Waals surface area contributed by atoms with Crippen molar-refractivity contribution >= 4 is 10.0 Å². The van der Waals surface area contributed by atoms with Gasteiger partial charge in [-0.1, -0.05) is 18.2 Å². The van der Waals surface area contributed by atoms with Crippen LogP contribution in [0.15, 0.2) is 53.4 Å². The molecule has 1 fully saturated rings. The summed E-state index contributed by atoms with van der Waals surface area (Å²) >= 11 is 0. The van der Waals surface area contributed by atoms with Crippen molar-refractivity contribution in [3.8, 4) is 11.5 Å². The summed E-state index contributed by atoms with van der Waals surface area (Å²) in [6.07, 6.45) is -5.28. The molecule has 0 N–H and O–H groups in total. The summed E-state index contributed by atoms with van der Waals surface area (Å²) < 4.78 is 82.5. The predicted molar refractivity (Wildman–Crippen MR) is 98.4 cm³/mol. The first-order valence-corrected chi connectivity index (χ1v) is 10.2. The van der Waals surface area contributed by atoms with Gasteiger partial charge in [-0.3, -0.25) is 0 Å². The Bertz CT molecular complexity index is 935. The highest BCUT2D eigenvalue weighted by molar-refractivity contribution is 7.89. The maximum atomic E-state index is 13.2. The number of alkyl halides is 3. The third-order valence-corrected chi connectivity index (χ3v) is 6.26. The van der Waals surface area contributed by atoms with Crippen LogP contribution in [0.1, 0.15) is 5.56 Å². The zero-order valence-corrected chi connectivity index (χ0v) is 16.4. The molecule has 3 rings (SSSR count). The lowest BCUT2D eigenvalue weighted by Gasteiger charge is -2.32. The summed E-state index contributed by atoms with van der Waals surface area (Å²) in [6.45, 7) is 0.247. The number of hydrogen-bond donors (Lipinski definition) is 0. The van der Waals surface area contributed by atoms with Gasteiger partial charge in [-0.05, 0) is 30.3 Å². The molecule has 6 nitrogen and oxygen atoms in total. The summed E-state index contributed by atoms with van der Waals surface area (Å²) in [5.74, 6) is 0.175. The van der Waals surface area contributed by atoms with E-state index in [1.807, 2.05) is 6.07 Å². The van der Waals surface area contributed by atoms with Gasteiger partial charge in [0.05, 0.1) is 24.2 Å². The first-order valence-electron chi connectivity index (χ1n) is 8.76. The average Bonchev–Trinajstić information content (AvgIpc) is 2.72. The number of rotatable bonds is 6. The summed E-state index contributed by atoms with van der Waals surface area (Å²) in [5.41, 5.74) is -1.14. The lowest BCUT2D eigenvalue weighted by atomic mass is 10.2. The van der Waals surface area contributed by atoms with Crippen LogP contribution < -0.4 is 9.47 Å². The molecule has 1 aliphatic heterocycles. The maximum Gasteiger partial charge on any atom is 0.420 e. The number of methoxy groups -OCH3 is 1. The molecule has 29 heavy (non-hydrogen) atoms. The van der Waals surface area contributed by atoms with Crippen LogP contribution in [0.4, 0.5) is 13.2 Å². The Morgan fingerprint density at radius 3 is 2.55 bits per heavy atom. The average molecular weight is 431 g/mol. The van der Waals surface area contributed by atoms with Crippen molar-refractivity contribution in [3.05, 3.63) is 54.1 Å². The van der Waals surface area contributed by atoms with Gasteiger partial charge in [0, 0.05) is 13.1 Å². The molecule has 2 aromatic carbocycles. The molecule has 10 heteroatoms. The predicted octanol–water partition coefficient (Wildman–Crippen LogP) is 3.18. The van der Waals surface area contributed by atoms with Gasteiger partial charge in [-0.2, -0.15) is 17.5 Å². The number of hydrogen-bond acceptors (Lipinski definition) is 5. The highest BCUT2D eigenvalue weighted by atomic mass is 32.2. The molecule has 1 saturated heterocycles. The van der Waals surface area contributed by atoms with Crippen LogP contribution in [-0.2, 0) is 20.9 Å². The first kappa shape index (κ1) is 21.4. The van der Waals surface area contributed by atoms with E-state index in [1.165, 1.54) is 0 Å². The Labute approximate surface area is 166 Å². The lowest BCUT2D eigenvalue weighted by Crippen LogP contribution is -2.47. The first-order chi connectivity index (χ1) is 13.7. The van der Waals surface area contributed by atoms with E-state index >= 15 is 0 Å². The van der Waals surface area contributed by atoms with Crippen molar-refractivity contribution < 1.29 is 35.8 Å². The van der Waals surface area contributed by atoms with Gasteiger partial charge < -0.3 is 14.2 Å². The van der Waals surface area contributed by atoms with Crippen molar-refractivity contribution in [2.45, 2.75) is 17.2 Å². The number of halogens is 3. The highest BCUT2D eigenvalue weighted by Crippen LogP contribution is 2.38. The Hall–Kier alpha value is -2.30. The molecule has 0 radical (unpaired) electrons. The third kappa shape index (κ3) is 5.01.